The van der Waals surface area contributed by atoms with Gasteiger partial charge in [0.25, 0.3) is 0 Å². The number of carbonyl (C=O) groups is 2. The molecule has 2 aliphatic rings. The lowest BCUT2D eigenvalue weighted by Crippen LogP contribution is -2.42. The largest absolute Gasteiger partial charge is 0.462 e. The minimum atomic E-state index is -1.95. The summed E-state index contributed by atoms with van der Waals surface area (Å²) in [4.78, 5) is 24.1. The average molecular weight is 364 g/mol. The standard InChI is InChI=1S/C15H24O8S/c1-14(2,3)12(16)19-7-8-9(21-13(17)15(4,5)6)10-11(20-8)23-24(18)22-10/h8-11H,7H2,1-6H3/t8-,9+,10-,11-,24?/m1/s1. The maximum absolute atomic E-state index is 12.2. The van der Waals surface area contributed by atoms with Crippen LogP contribution in [0, 0.1) is 10.8 Å². The molecule has 0 amide bonds. The van der Waals surface area contributed by atoms with Gasteiger partial charge in [-0.2, -0.15) is 4.21 Å². The molecule has 2 aliphatic heterocycles. The van der Waals surface area contributed by atoms with Crippen molar-refractivity contribution in [3.8, 4) is 0 Å². The fourth-order valence-electron chi connectivity index (χ4n) is 2.01. The van der Waals surface area contributed by atoms with Crippen molar-refractivity contribution in [1.82, 2.24) is 0 Å². The van der Waals surface area contributed by atoms with Gasteiger partial charge < -0.3 is 14.2 Å². The van der Waals surface area contributed by atoms with Crippen LogP contribution in [0.3, 0.4) is 0 Å². The van der Waals surface area contributed by atoms with E-state index in [2.05, 4.69) is 0 Å². The van der Waals surface area contributed by atoms with Gasteiger partial charge in [-0.1, -0.05) is 0 Å². The van der Waals surface area contributed by atoms with Crippen molar-refractivity contribution >= 4 is 23.3 Å². The summed E-state index contributed by atoms with van der Waals surface area (Å²) in [7, 11) is 0. The quantitative estimate of drug-likeness (QED) is 0.690. The highest BCUT2D eigenvalue weighted by molar-refractivity contribution is 7.75. The van der Waals surface area contributed by atoms with E-state index >= 15 is 0 Å². The summed E-state index contributed by atoms with van der Waals surface area (Å²) in [6.07, 6.45) is -3.38. The fraction of sp³-hybridized carbons (Fsp3) is 0.867. The maximum Gasteiger partial charge on any atom is 0.311 e. The normalized spacial score (nSPS) is 33.2. The summed E-state index contributed by atoms with van der Waals surface area (Å²) in [6, 6.07) is 0. The van der Waals surface area contributed by atoms with Crippen molar-refractivity contribution in [3.05, 3.63) is 0 Å². The first-order chi connectivity index (χ1) is 10.9. The zero-order valence-electron chi connectivity index (χ0n) is 14.7. The summed E-state index contributed by atoms with van der Waals surface area (Å²) in [5.74, 6) is -0.875. The van der Waals surface area contributed by atoms with Gasteiger partial charge >= 0.3 is 23.3 Å². The molecule has 0 N–H and O–H groups in total. The van der Waals surface area contributed by atoms with Crippen LogP contribution in [-0.2, 0) is 43.5 Å². The molecule has 138 valence electrons. The number of esters is 2. The number of hydrogen-bond acceptors (Lipinski definition) is 8. The monoisotopic (exact) mass is 364 g/mol. The lowest BCUT2D eigenvalue weighted by atomic mass is 9.97. The van der Waals surface area contributed by atoms with Gasteiger partial charge in [-0.15, -0.1) is 0 Å². The van der Waals surface area contributed by atoms with Gasteiger partial charge in [0.15, 0.2) is 12.2 Å². The molecule has 0 saturated carbocycles. The van der Waals surface area contributed by atoms with Crippen LogP contribution in [0.1, 0.15) is 41.5 Å². The van der Waals surface area contributed by atoms with Crippen molar-refractivity contribution in [3.63, 3.8) is 0 Å². The molecular weight excluding hydrogens is 340 g/mol. The molecule has 2 rings (SSSR count). The van der Waals surface area contributed by atoms with Crippen LogP contribution in [0.2, 0.25) is 0 Å². The van der Waals surface area contributed by atoms with Crippen LogP contribution >= 0.6 is 0 Å². The zero-order chi connectivity index (χ0) is 18.3. The third kappa shape index (κ3) is 4.33. The second kappa shape index (κ2) is 6.70. The zero-order valence-corrected chi connectivity index (χ0v) is 15.5. The predicted octanol–water partition coefficient (Wildman–Crippen LogP) is 1.25. The Balaban J connectivity index is 2.07. The molecule has 0 radical (unpaired) electrons. The molecule has 0 aromatic heterocycles. The SMILES string of the molecule is CC(C)(C)C(=O)OC[C@H]1O[C@@H]2OS(=O)O[C@@H]2[C@H]1OC(=O)C(C)(C)C. The van der Waals surface area contributed by atoms with Gasteiger partial charge in [-0.25, -0.2) is 4.18 Å². The topological polar surface area (TPSA) is 97.4 Å². The molecular formula is C15H24O8S. The number of ether oxygens (including phenoxy) is 3. The van der Waals surface area contributed by atoms with Crippen molar-refractivity contribution < 1.29 is 36.4 Å². The second-order valence-corrected chi connectivity index (χ2v) is 8.67. The van der Waals surface area contributed by atoms with E-state index in [9.17, 15) is 13.8 Å². The molecule has 9 heteroatoms. The van der Waals surface area contributed by atoms with Crippen LogP contribution in [-0.4, -0.2) is 47.4 Å². The van der Waals surface area contributed by atoms with Crippen molar-refractivity contribution in [2.24, 2.45) is 10.8 Å². The van der Waals surface area contributed by atoms with Gasteiger partial charge in [-0.3, -0.25) is 13.8 Å². The number of hydrogen-bond donors (Lipinski definition) is 0. The van der Waals surface area contributed by atoms with Gasteiger partial charge in [-0.05, 0) is 41.5 Å². The molecule has 8 nitrogen and oxygen atoms in total. The van der Waals surface area contributed by atoms with Gasteiger partial charge in [0.05, 0.1) is 10.8 Å². The van der Waals surface area contributed by atoms with Crippen molar-refractivity contribution in [2.75, 3.05) is 6.61 Å². The van der Waals surface area contributed by atoms with Gasteiger partial charge in [0, 0.05) is 0 Å². The van der Waals surface area contributed by atoms with E-state index in [0.717, 1.165) is 0 Å². The average Bonchev–Trinajstić information content (AvgIpc) is 2.91. The summed E-state index contributed by atoms with van der Waals surface area (Å²) in [5.41, 5.74) is -1.40. The van der Waals surface area contributed by atoms with E-state index in [1.807, 2.05) is 0 Å². The van der Waals surface area contributed by atoms with Crippen LogP contribution < -0.4 is 0 Å². The Labute approximate surface area is 144 Å². The Hall–Kier alpha value is -1.03. The third-order valence-corrected chi connectivity index (χ3v) is 4.20. The molecule has 0 aromatic carbocycles. The lowest BCUT2D eigenvalue weighted by molar-refractivity contribution is -0.170. The second-order valence-electron chi connectivity index (χ2n) is 7.87. The Bertz CT molecular complexity index is 533. The van der Waals surface area contributed by atoms with Gasteiger partial charge in [0.2, 0.25) is 6.29 Å². The minimum absolute atomic E-state index is 0.120. The minimum Gasteiger partial charge on any atom is -0.462 e. The van der Waals surface area contributed by atoms with E-state index in [1.165, 1.54) is 0 Å². The fourth-order valence-corrected chi connectivity index (χ4v) is 2.75. The summed E-state index contributed by atoms with van der Waals surface area (Å²) < 4.78 is 37.7. The molecule has 2 fully saturated rings. The van der Waals surface area contributed by atoms with E-state index in [0.29, 0.717) is 0 Å². The number of rotatable bonds is 3. The van der Waals surface area contributed by atoms with Crippen LogP contribution in [0.4, 0.5) is 0 Å². The van der Waals surface area contributed by atoms with Crippen LogP contribution in [0.5, 0.6) is 0 Å². The first kappa shape index (κ1) is 19.3. The Morgan fingerprint density at radius 3 is 2.12 bits per heavy atom. The smallest absolute Gasteiger partial charge is 0.311 e. The van der Waals surface area contributed by atoms with Gasteiger partial charge in [0.1, 0.15) is 12.7 Å². The van der Waals surface area contributed by atoms with Crippen LogP contribution in [0.15, 0.2) is 0 Å². The highest BCUT2D eigenvalue weighted by Crippen LogP contribution is 2.35. The Morgan fingerprint density at radius 1 is 1.00 bits per heavy atom. The molecule has 0 bridgehead atoms. The number of fused-ring (bicyclic) bond motifs is 1. The van der Waals surface area contributed by atoms with E-state index in [1.54, 1.807) is 41.5 Å². The lowest BCUT2D eigenvalue weighted by Gasteiger charge is -2.26. The molecule has 2 heterocycles. The summed E-state index contributed by atoms with van der Waals surface area (Å²) in [5, 5.41) is 0. The molecule has 0 aliphatic carbocycles. The molecule has 2 saturated heterocycles. The highest BCUT2D eigenvalue weighted by atomic mass is 32.2. The Morgan fingerprint density at radius 2 is 1.58 bits per heavy atom. The highest BCUT2D eigenvalue weighted by Gasteiger charge is 2.55. The van der Waals surface area contributed by atoms with Crippen LogP contribution in [0.25, 0.3) is 0 Å². The maximum atomic E-state index is 12.2. The predicted molar refractivity (Wildman–Crippen MR) is 82.5 cm³/mol. The summed E-state index contributed by atoms with van der Waals surface area (Å²) >= 11 is -1.95. The van der Waals surface area contributed by atoms with E-state index in [-0.39, 0.29) is 6.61 Å². The molecule has 0 aromatic rings. The van der Waals surface area contributed by atoms with Crippen molar-refractivity contribution in [2.45, 2.75) is 66.1 Å². The summed E-state index contributed by atoms with van der Waals surface area (Å²) in [6.45, 7) is 10.2. The molecule has 24 heavy (non-hydrogen) atoms. The third-order valence-electron chi connectivity index (χ3n) is 3.48. The first-order valence-electron chi connectivity index (χ1n) is 7.69. The first-order valence-corrected chi connectivity index (χ1v) is 8.69. The van der Waals surface area contributed by atoms with E-state index < -0.39 is 58.7 Å². The molecule has 0 spiro atoms. The van der Waals surface area contributed by atoms with E-state index in [4.69, 9.17) is 22.6 Å². The van der Waals surface area contributed by atoms with Crippen molar-refractivity contribution in [1.29, 1.82) is 0 Å². The Kier molecular flexibility index (Phi) is 5.39. The number of carbonyl (C=O) groups excluding carboxylic acids is 2. The molecule has 1 unspecified atom stereocenters. The molecule has 5 atom stereocenters.